The summed E-state index contributed by atoms with van der Waals surface area (Å²) in [5.74, 6) is 3.15. The lowest BCUT2D eigenvalue weighted by atomic mass is 10.1. The highest BCUT2D eigenvalue weighted by Crippen LogP contribution is 2.23. The van der Waals surface area contributed by atoms with E-state index < -0.39 is 0 Å². The number of imidazole rings is 1. The molecule has 1 unspecified atom stereocenters. The molecule has 1 aliphatic rings. The number of hydrogen-bond acceptors (Lipinski definition) is 4. The molecule has 2 heterocycles. The van der Waals surface area contributed by atoms with Gasteiger partial charge in [0, 0.05) is 37.6 Å². The molecule has 2 aromatic carbocycles. The first kappa shape index (κ1) is 25.3. The van der Waals surface area contributed by atoms with Crippen LogP contribution in [0.4, 0.5) is 0 Å². The van der Waals surface area contributed by atoms with Crippen molar-refractivity contribution >= 4 is 41.0 Å². The van der Waals surface area contributed by atoms with E-state index in [0.717, 1.165) is 73.3 Å². The van der Waals surface area contributed by atoms with E-state index >= 15 is 0 Å². The van der Waals surface area contributed by atoms with Gasteiger partial charge < -0.3 is 25.1 Å². The minimum atomic E-state index is 0. The molecule has 0 spiro atoms. The Labute approximate surface area is 212 Å². The molecule has 4 rings (SSSR count). The van der Waals surface area contributed by atoms with Crippen molar-refractivity contribution < 1.29 is 9.47 Å². The Bertz CT molecular complexity index is 1010. The highest BCUT2D eigenvalue weighted by molar-refractivity contribution is 14.0. The zero-order valence-corrected chi connectivity index (χ0v) is 21.7. The number of nitrogens with zero attached hydrogens (tertiary/aromatic N) is 2. The molecule has 0 radical (unpaired) electrons. The number of aliphatic imine (C=N–C) groups is 1. The number of H-pyrrole nitrogens is 1. The Hall–Kier alpha value is -2.33. The second kappa shape index (κ2) is 12.8. The fourth-order valence-corrected chi connectivity index (χ4v) is 3.78. The Morgan fingerprint density at radius 3 is 2.91 bits per heavy atom. The first-order valence-electron chi connectivity index (χ1n) is 11.5. The molecule has 3 aromatic rings. The van der Waals surface area contributed by atoms with Gasteiger partial charge in [0.05, 0.1) is 30.8 Å². The number of benzene rings is 2. The number of aryl methyl sites for hydroxylation is 1. The highest BCUT2D eigenvalue weighted by Gasteiger charge is 2.17. The third-order valence-corrected chi connectivity index (χ3v) is 5.57. The molecule has 0 amide bonds. The van der Waals surface area contributed by atoms with Crippen molar-refractivity contribution in [3.8, 4) is 5.75 Å². The van der Waals surface area contributed by atoms with Gasteiger partial charge >= 0.3 is 0 Å². The van der Waals surface area contributed by atoms with Crippen LogP contribution in [0, 0.1) is 12.8 Å². The lowest BCUT2D eigenvalue weighted by Crippen LogP contribution is -2.38. The average Bonchev–Trinajstić information content (AvgIpc) is 3.46. The molecular weight excluding hydrogens is 529 g/mol. The predicted molar refractivity (Wildman–Crippen MR) is 144 cm³/mol. The maximum absolute atomic E-state index is 6.16. The lowest BCUT2D eigenvalue weighted by Gasteiger charge is -2.15. The zero-order chi connectivity index (χ0) is 22.2. The number of ether oxygens (including phenoxy) is 2. The summed E-state index contributed by atoms with van der Waals surface area (Å²) >= 11 is 0. The maximum atomic E-state index is 6.16. The van der Waals surface area contributed by atoms with Crippen LogP contribution < -0.4 is 15.4 Å². The summed E-state index contributed by atoms with van der Waals surface area (Å²) in [5.41, 5.74) is 4.34. The van der Waals surface area contributed by atoms with Crippen molar-refractivity contribution in [3.05, 3.63) is 59.4 Å². The van der Waals surface area contributed by atoms with Crippen molar-refractivity contribution in [2.45, 2.75) is 33.2 Å². The summed E-state index contributed by atoms with van der Waals surface area (Å²) in [6, 6.07) is 14.4. The van der Waals surface area contributed by atoms with Crippen molar-refractivity contribution in [1.29, 1.82) is 0 Å². The number of para-hydroxylation sites is 2. The van der Waals surface area contributed by atoms with Crippen molar-refractivity contribution in [1.82, 2.24) is 20.6 Å². The highest BCUT2D eigenvalue weighted by atomic mass is 127. The van der Waals surface area contributed by atoms with Gasteiger partial charge in [0.15, 0.2) is 5.96 Å². The number of aromatic nitrogens is 2. The van der Waals surface area contributed by atoms with Crippen LogP contribution in [0.3, 0.4) is 0 Å². The van der Waals surface area contributed by atoms with Gasteiger partial charge in [-0.2, -0.15) is 0 Å². The Balaban J connectivity index is 0.00000306. The number of halogens is 1. The molecule has 0 aliphatic carbocycles. The van der Waals surface area contributed by atoms with Gasteiger partial charge in [-0.15, -0.1) is 24.0 Å². The van der Waals surface area contributed by atoms with Gasteiger partial charge in [-0.1, -0.05) is 24.3 Å². The maximum Gasteiger partial charge on any atom is 0.191 e. The smallest absolute Gasteiger partial charge is 0.191 e. The van der Waals surface area contributed by atoms with Gasteiger partial charge in [0.1, 0.15) is 11.6 Å². The largest absolute Gasteiger partial charge is 0.493 e. The average molecular weight is 563 g/mol. The van der Waals surface area contributed by atoms with Crippen LogP contribution in [0.25, 0.3) is 11.0 Å². The molecule has 178 valence electrons. The van der Waals surface area contributed by atoms with Crippen LogP contribution in [0.1, 0.15) is 30.3 Å². The molecule has 0 saturated carbocycles. The number of aromatic amines is 1. The zero-order valence-electron chi connectivity index (χ0n) is 19.4. The molecular formula is C25H34IN5O2. The summed E-state index contributed by atoms with van der Waals surface area (Å²) in [7, 11) is 0. The minimum Gasteiger partial charge on any atom is -0.493 e. The fourth-order valence-electron chi connectivity index (χ4n) is 3.78. The van der Waals surface area contributed by atoms with E-state index in [-0.39, 0.29) is 24.0 Å². The molecule has 8 heteroatoms. The van der Waals surface area contributed by atoms with Crippen molar-refractivity contribution in [2.75, 3.05) is 32.9 Å². The number of nitrogens with one attached hydrogen (secondary N) is 3. The lowest BCUT2D eigenvalue weighted by molar-refractivity contribution is 0.166. The summed E-state index contributed by atoms with van der Waals surface area (Å²) in [5, 5.41) is 6.74. The normalized spacial score (nSPS) is 15.9. The van der Waals surface area contributed by atoms with Crippen LogP contribution >= 0.6 is 24.0 Å². The van der Waals surface area contributed by atoms with E-state index in [0.29, 0.717) is 19.1 Å². The number of hydrogen-bond donors (Lipinski definition) is 3. The topological polar surface area (TPSA) is 83.6 Å². The Morgan fingerprint density at radius 1 is 1.24 bits per heavy atom. The Morgan fingerprint density at radius 2 is 2.12 bits per heavy atom. The van der Waals surface area contributed by atoms with E-state index in [2.05, 4.69) is 52.6 Å². The van der Waals surface area contributed by atoms with Crippen molar-refractivity contribution in [3.63, 3.8) is 0 Å². The van der Waals surface area contributed by atoms with Crippen LogP contribution in [-0.2, 0) is 17.7 Å². The summed E-state index contributed by atoms with van der Waals surface area (Å²) < 4.78 is 11.6. The molecule has 1 saturated heterocycles. The molecule has 33 heavy (non-hydrogen) atoms. The molecule has 3 N–H and O–H groups in total. The third-order valence-electron chi connectivity index (χ3n) is 5.57. The van der Waals surface area contributed by atoms with Crippen LogP contribution in [-0.4, -0.2) is 48.8 Å². The van der Waals surface area contributed by atoms with Gasteiger partial charge in [-0.05, 0) is 44.0 Å². The summed E-state index contributed by atoms with van der Waals surface area (Å²) in [6.07, 6.45) is 1.86. The molecule has 0 bridgehead atoms. The molecule has 1 aliphatic heterocycles. The third kappa shape index (κ3) is 7.33. The van der Waals surface area contributed by atoms with Gasteiger partial charge in [-0.3, -0.25) is 0 Å². The number of fused-ring (bicyclic) bond motifs is 1. The monoisotopic (exact) mass is 563 g/mol. The Kier molecular flexibility index (Phi) is 9.80. The fraction of sp³-hybridized carbons (Fsp3) is 0.440. The second-order valence-electron chi connectivity index (χ2n) is 8.22. The van der Waals surface area contributed by atoms with Crippen LogP contribution in [0.5, 0.6) is 5.75 Å². The van der Waals surface area contributed by atoms with Gasteiger partial charge in [0.2, 0.25) is 0 Å². The van der Waals surface area contributed by atoms with Crippen molar-refractivity contribution in [2.24, 2.45) is 10.9 Å². The quantitative estimate of drug-likeness (QED) is 0.207. The molecule has 1 fully saturated rings. The van der Waals surface area contributed by atoms with E-state index in [1.54, 1.807) is 0 Å². The van der Waals surface area contributed by atoms with Crippen LogP contribution in [0.2, 0.25) is 0 Å². The van der Waals surface area contributed by atoms with Crippen LogP contribution in [0.15, 0.2) is 47.5 Å². The first-order chi connectivity index (χ1) is 15.7. The van der Waals surface area contributed by atoms with Gasteiger partial charge in [0.25, 0.3) is 0 Å². The van der Waals surface area contributed by atoms with E-state index in [4.69, 9.17) is 14.5 Å². The van der Waals surface area contributed by atoms with Gasteiger partial charge in [-0.25, -0.2) is 9.98 Å². The predicted octanol–water partition coefficient (Wildman–Crippen LogP) is 4.20. The molecule has 7 nitrogen and oxygen atoms in total. The summed E-state index contributed by atoms with van der Waals surface area (Å²) in [6.45, 7) is 8.57. The first-order valence-corrected chi connectivity index (χ1v) is 11.5. The number of rotatable bonds is 9. The van der Waals surface area contributed by atoms with E-state index in [1.807, 2.05) is 24.3 Å². The molecule has 1 atom stereocenters. The van der Waals surface area contributed by atoms with E-state index in [9.17, 15) is 0 Å². The minimum absolute atomic E-state index is 0. The number of guanidine groups is 1. The van der Waals surface area contributed by atoms with E-state index in [1.165, 1.54) is 5.56 Å². The molecule has 1 aromatic heterocycles. The summed E-state index contributed by atoms with van der Waals surface area (Å²) in [4.78, 5) is 12.8. The second-order valence-corrected chi connectivity index (χ2v) is 8.22. The SMILES string of the molecule is CCNC(=NCc1ccc(C)cc1OCC1CCOC1)NCCc1nc2ccccc2[nH]1.I. The standard InChI is InChI=1S/C25H33N5O2.HI/c1-3-26-25(27-12-10-24-29-21-6-4-5-7-22(21)30-24)28-15-20-9-8-18(2)14-23(20)32-17-19-11-13-31-16-19;/h4-9,14,19H,3,10-13,15-17H2,1-2H3,(H,29,30)(H2,26,27,28);1H.